The van der Waals surface area contributed by atoms with Gasteiger partial charge in [0.25, 0.3) is 11.5 Å². The second kappa shape index (κ2) is 9.38. The number of rotatable bonds is 4. The fraction of sp³-hybridized carbons (Fsp3) is 0.417. The molecule has 0 radical (unpaired) electrons. The highest BCUT2D eigenvalue weighted by atomic mass is 35.5. The van der Waals surface area contributed by atoms with E-state index in [1.165, 1.54) is 22.2 Å². The van der Waals surface area contributed by atoms with Gasteiger partial charge in [-0.25, -0.2) is 4.98 Å². The van der Waals surface area contributed by atoms with Crippen LogP contribution in [-0.4, -0.2) is 58.0 Å². The third-order valence-corrected chi connectivity index (χ3v) is 7.14. The molecule has 34 heavy (non-hydrogen) atoms. The summed E-state index contributed by atoms with van der Waals surface area (Å²) in [6, 6.07) is 7.69. The van der Waals surface area contributed by atoms with Gasteiger partial charge in [0.05, 0.1) is 16.6 Å². The molecule has 3 aromatic rings. The van der Waals surface area contributed by atoms with Gasteiger partial charge in [0.15, 0.2) is 0 Å². The number of fused-ring (bicyclic) bond motifs is 1. The maximum Gasteiger partial charge on any atom is 0.264 e. The van der Waals surface area contributed by atoms with Gasteiger partial charge in [-0.1, -0.05) is 11.6 Å². The molecule has 8 nitrogen and oxygen atoms in total. The number of hydrogen-bond acceptors (Lipinski definition) is 6. The number of benzene rings is 1. The number of piperazine rings is 1. The van der Waals surface area contributed by atoms with E-state index in [2.05, 4.69) is 15.2 Å². The summed E-state index contributed by atoms with van der Waals surface area (Å²) < 4.78 is 1.29. The summed E-state index contributed by atoms with van der Waals surface area (Å²) in [5, 5.41) is 3.94. The number of hydrogen-bond donors (Lipinski definition) is 1. The lowest BCUT2D eigenvalue weighted by molar-refractivity contribution is -0.123. The van der Waals surface area contributed by atoms with E-state index < -0.39 is 5.54 Å². The van der Waals surface area contributed by atoms with Gasteiger partial charge in [-0.15, -0.1) is 11.3 Å². The molecule has 4 rings (SSSR count). The molecule has 1 aromatic carbocycles. The molecule has 0 atom stereocenters. The maximum atomic E-state index is 13.3. The lowest BCUT2D eigenvalue weighted by Crippen LogP contribution is -2.48. The Kier molecular flexibility index (Phi) is 6.69. The molecule has 0 spiro atoms. The summed E-state index contributed by atoms with van der Waals surface area (Å²) in [5.74, 6) is -0.355. The Hall–Kier alpha value is -2.91. The number of nitrogens with zero attached hydrogens (tertiary/aromatic N) is 4. The first kappa shape index (κ1) is 24.2. The zero-order chi connectivity index (χ0) is 24.6. The number of carbonyl (C=O) groups is 2. The van der Waals surface area contributed by atoms with E-state index >= 15 is 0 Å². The van der Waals surface area contributed by atoms with Crippen molar-refractivity contribution in [2.24, 2.45) is 0 Å². The van der Waals surface area contributed by atoms with E-state index in [0.717, 1.165) is 5.69 Å². The standard InChI is InChI=1S/C24H28ClN5O3S/c1-15-19-21(26-14-30(22(19)32)13-18(31)27-24(2,3)4)34-20(15)23(33)29-11-9-28(10-12-29)17-7-5-16(25)6-8-17/h5-8,14H,9-13H2,1-4H3,(H,27,31). The topological polar surface area (TPSA) is 87.5 Å². The van der Waals surface area contributed by atoms with Gasteiger partial charge >= 0.3 is 0 Å². The van der Waals surface area contributed by atoms with Crippen LogP contribution in [0.4, 0.5) is 5.69 Å². The summed E-state index contributed by atoms with van der Waals surface area (Å²) in [6.07, 6.45) is 1.38. The molecule has 1 aliphatic rings. The number of aryl methyl sites for hydroxylation is 1. The van der Waals surface area contributed by atoms with Crippen molar-refractivity contribution in [3.8, 4) is 0 Å². The van der Waals surface area contributed by atoms with Crippen LogP contribution in [0, 0.1) is 6.92 Å². The van der Waals surface area contributed by atoms with E-state index in [0.29, 0.717) is 51.9 Å². The van der Waals surface area contributed by atoms with Crippen LogP contribution in [0.25, 0.3) is 10.2 Å². The normalized spacial score (nSPS) is 14.5. The Morgan fingerprint density at radius 2 is 1.76 bits per heavy atom. The molecule has 0 unspecified atom stereocenters. The zero-order valence-electron chi connectivity index (χ0n) is 19.7. The van der Waals surface area contributed by atoms with E-state index in [9.17, 15) is 14.4 Å². The summed E-state index contributed by atoms with van der Waals surface area (Å²) in [4.78, 5) is 48.2. The third-order valence-electron chi connectivity index (χ3n) is 5.70. The van der Waals surface area contributed by atoms with Crippen molar-refractivity contribution in [2.75, 3.05) is 31.1 Å². The molecule has 10 heteroatoms. The van der Waals surface area contributed by atoms with Crippen LogP contribution in [0.5, 0.6) is 0 Å². The highest BCUT2D eigenvalue weighted by molar-refractivity contribution is 7.20. The second-order valence-electron chi connectivity index (χ2n) is 9.47. The average Bonchev–Trinajstić information content (AvgIpc) is 3.11. The van der Waals surface area contributed by atoms with E-state index in [1.54, 1.807) is 6.92 Å². The molecule has 180 valence electrons. The highest BCUT2D eigenvalue weighted by Gasteiger charge is 2.27. The summed E-state index contributed by atoms with van der Waals surface area (Å²) in [5.41, 5.74) is 0.991. The smallest absolute Gasteiger partial charge is 0.264 e. The minimum Gasteiger partial charge on any atom is -0.368 e. The van der Waals surface area contributed by atoms with Gasteiger partial charge in [0, 0.05) is 42.4 Å². The fourth-order valence-corrected chi connectivity index (χ4v) is 5.28. The zero-order valence-corrected chi connectivity index (χ0v) is 21.3. The lowest BCUT2D eigenvalue weighted by atomic mass is 10.1. The molecular weight excluding hydrogens is 474 g/mol. The van der Waals surface area contributed by atoms with Gasteiger partial charge in [0.2, 0.25) is 5.91 Å². The van der Waals surface area contributed by atoms with Gasteiger partial charge in [-0.3, -0.25) is 19.0 Å². The maximum absolute atomic E-state index is 13.3. The number of anilines is 1. The van der Waals surface area contributed by atoms with Gasteiger partial charge in [0.1, 0.15) is 11.4 Å². The summed E-state index contributed by atoms with van der Waals surface area (Å²) in [7, 11) is 0. The molecule has 1 aliphatic heterocycles. The molecule has 1 saturated heterocycles. The first-order chi connectivity index (χ1) is 16.0. The Labute approximate surface area is 207 Å². The van der Waals surface area contributed by atoms with Crippen molar-refractivity contribution >= 4 is 50.7 Å². The molecule has 0 bridgehead atoms. The SMILES string of the molecule is Cc1c(C(=O)N2CCN(c3ccc(Cl)cc3)CC2)sc2ncn(CC(=O)NC(C)(C)C)c(=O)c12. The Bertz CT molecular complexity index is 1280. The Balaban J connectivity index is 1.51. The number of thiophene rings is 1. The average molecular weight is 502 g/mol. The summed E-state index contributed by atoms with van der Waals surface area (Å²) in [6.45, 7) is 9.89. The first-order valence-electron chi connectivity index (χ1n) is 11.1. The first-order valence-corrected chi connectivity index (χ1v) is 12.3. The van der Waals surface area contributed by atoms with E-state index in [4.69, 9.17) is 11.6 Å². The number of nitrogens with one attached hydrogen (secondary N) is 1. The number of aromatic nitrogens is 2. The molecule has 1 fully saturated rings. The quantitative estimate of drug-likeness (QED) is 0.592. The van der Waals surface area contributed by atoms with Crippen LogP contribution in [0.3, 0.4) is 0 Å². The molecule has 1 N–H and O–H groups in total. The van der Waals surface area contributed by atoms with Crippen LogP contribution < -0.4 is 15.8 Å². The monoisotopic (exact) mass is 501 g/mol. The highest BCUT2D eigenvalue weighted by Crippen LogP contribution is 2.29. The van der Waals surface area contributed by atoms with Crippen molar-refractivity contribution < 1.29 is 9.59 Å². The lowest BCUT2D eigenvalue weighted by Gasteiger charge is -2.36. The van der Waals surface area contributed by atoms with Crippen molar-refractivity contribution in [1.82, 2.24) is 19.8 Å². The van der Waals surface area contributed by atoms with E-state index in [1.807, 2.05) is 49.9 Å². The van der Waals surface area contributed by atoms with E-state index in [-0.39, 0.29) is 23.9 Å². The van der Waals surface area contributed by atoms with Gasteiger partial charge in [-0.05, 0) is 57.5 Å². The number of carbonyl (C=O) groups excluding carboxylic acids is 2. The third kappa shape index (κ3) is 5.10. The van der Waals surface area contributed by atoms with Crippen LogP contribution >= 0.6 is 22.9 Å². The number of halogens is 1. The Morgan fingerprint density at radius 3 is 2.38 bits per heavy atom. The molecule has 2 aromatic heterocycles. The van der Waals surface area contributed by atoms with Crippen LogP contribution in [0.2, 0.25) is 5.02 Å². The Morgan fingerprint density at radius 1 is 1.12 bits per heavy atom. The summed E-state index contributed by atoms with van der Waals surface area (Å²) >= 11 is 7.22. The molecule has 0 saturated carbocycles. The second-order valence-corrected chi connectivity index (χ2v) is 10.9. The van der Waals surface area contributed by atoms with Gasteiger partial charge < -0.3 is 15.1 Å². The van der Waals surface area contributed by atoms with Crippen LogP contribution in [0.1, 0.15) is 36.0 Å². The molecule has 0 aliphatic carbocycles. The van der Waals surface area contributed by atoms with Crippen molar-refractivity contribution in [2.45, 2.75) is 39.8 Å². The van der Waals surface area contributed by atoms with Crippen LogP contribution in [0.15, 0.2) is 35.4 Å². The van der Waals surface area contributed by atoms with Crippen molar-refractivity contribution in [3.05, 3.63) is 56.4 Å². The molecule has 2 amide bonds. The van der Waals surface area contributed by atoms with Crippen molar-refractivity contribution in [1.29, 1.82) is 0 Å². The molecule has 3 heterocycles. The van der Waals surface area contributed by atoms with Crippen LogP contribution in [-0.2, 0) is 11.3 Å². The fourth-order valence-electron chi connectivity index (χ4n) is 4.05. The largest absolute Gasteiger partial charge is 0.368 e. The predicted molar refractivity (Wildman–Crippen MR) is 136 cm³/mol. The predicted octanol–water partition coefficient (Wildman–Crippen LogP) is 3.30. The molecular formula is C24H28ClN5O3S. The minimum absolute atomic E-state index is 0.0901. The van der Waals surface area contributed by atoms with Gasteiger partial charge in [-0.2, -0.15) is 0 Å². The minimum atomic E-state index is -0.395. The number of amides is 2. The van der Waals surface area contributed by atoms with Crippen molar-refractivity contribution in [3.63, 3.8) is 0 Å².